The first-order chi connectivity index (χ1) is 8.21. The Hall–Kier alpha value is 0.632. The molecule has 1 heterocycles. The molecular formula is C13H17CsO4. The number of rotatable bonds is 4. The van der Waals surface area contributed by atoms with Crippen molar-refractivity contribution >= 4 is 0 Å². The van der Waals surface area contributed by atoms with Crippen molar-refractivity contribution in [3.05, 3.63) is 24.8 Å². The molecule has 0 radical (unpaired) electrons. The zero-order chi connectivity index (χ0) is 12.3. The fourth-order valence-corrected chi connectivity index (χ4v) is 1.71. The Morgan fingerprint density at radius 2 is 1.67 bits per heavy atom. The van der Waals surface area contributed by atoms with E-state index in [0.717, 1.165) is 6.42 Å². The summed E-state index contributed by atoms with van der Waals surface area (Å²) in [4.78, 5) is 0. The average molecular weight is 370 g/mol. The molecule has 0 saturated carbocycles. The van der Waals surface area contributed by atoms with Crippen LogP contribution in [0.5, 0.6) is 17.2 Å². The zero-order valence-corrected chi connectivity index (χ0v) is 17.6. The summed E-state index contributed by atoms with van der Waals surface area (Å²) in [5.74, 6) is 2.52. The molecule has 0 aliphatic carbocycles. The largest absolute Gasteiger partial charge is 1.00 e. The topological polar surface area (TPSA) is 36.9 Å². The summed E-state index contributed by atoms with van der Waals surface area (Å²) in [7, 11) is 3.22. The van der Waals surface area contributed by atoms with E-state index in [1.165, 1.54) is 0 Å². The van der Waals surface area contributed by atoms with Gasteiger partial charge >= 0.3 is 68.9 Å². The maximum absolute atomic E-state index is 5.72. The minimum absolute atomic E-state index is 0. The van der Waals surface area contributed by atoms with Crippen molar-refractivity contribution in [1.82, 2.24) is 0 Å². The molecule has 4 nitrogen and oxygen atoms in total. The molecule has 5 heteroatoms. The van der Waals surface area contributed by atoms with Gasteiger partial charge in [0.2, 0.25) is 0 Å². The van der Waals surface area contributed by atoms with Gasteiger partial charge in [-0.25, -0.2) is 6.61 Å². The van der Waals surface area contributed by atoms with Crippen LogP contribution in [0.4, 0.5) is 0 Å². The fraction of sp³-hybridized carbons (Fsp3) is 0.462. The Bertz CT molecular complexity index is 361. The summed E-state index contributed by atoms with van der Waals surface area (Å²) in [5, 5.41) is 0. The van der Waals surface area contributed by atoms with Crippen LogP contribution in [0.15, 0.2) is 18.2 Å². The Balaban J connectivity index is 0.00000162. The standard InChI is InChI=1S/C13H17O4.Cs/c1-9-4-13(16-8-9)17-12-6-10(14-2)5-11(7-12)15-3;/h5-9,13H,4H2,1-3H3;/q-1;+1/t9-,13?;/m1./s1. The summed E-state index contributed by atoms with van der Waals surface area (Å²) in [6.07, 6.45) is 0.640. The molecule has 1 aliphatic rings. The summed E-state index contributed by atoms with van der Waals surface area (Å²) in [5.41, 5.74) is 0. The van der Waals surface area contributed by atoms with Gasteiger partial charge in [-0.3, -0.25) is 0 Å². The van der Waals surface area contributed by atoms with Crippen LogP contribution >= 0.6 is 0 Å². The van der Waals surface area contributed by atoms with E-state index in [2.05, 4.69) is 6.92 Å². The normalized spacial score (nSPS) is 22.2. The van der Waals surface area contributed by atoms with Crippen molar-refractivity contribution < 1.29 is 87.8 Å². The van der Waals surface area contributed by atoms with E-state index in [4.69, 9.17) is 18.9 Å². The predicted octanol–water partition coefficient (Wildman–Crippen LogP) is -0.369. The second kappa shape index (κ2) is 8.04. The zero-order valence-electron chi connectivity index (χ0n) is 11.3. The van der Waals surface area contributed by atoms with Crippen molar-refractivity contribution in [2.24, 2.45) is 5.92 Å². The molecule has 94 valence electrons. The van der Waals surface area contributed by atoms with Crippen LogP contribution in [0.2, 0.25) is 0 Å². The average Bonchev–Trinajstić information content (AvgIpc) is 2.74. The number of hydrogen-bond acceptors (Lipinski definition) is 4. The summed E-state index contributed by atoms with van der Waals surface area (Å²) >= 11 is 0. The van der Waals surface area contributed by atoms with E-state index < -0.39 is 0 Å². The molecule has 18 heavy (non-hydrogen) atoms. The molecule has 1 aromatic rings. The van der Waals surface area contributed by atoms with Gasteiger partial charge < -0.3 is 18.9 Å². The maximum atomic E-state index is 5.72. The molecule has 1 aliphatic heterocycles. The molecule has 0 bridgehead atoms. The third-order valence-corrected chi connectivity index (χ3v) is 2.62. The Morgan fingerprint density at radius 3 is 2.11 bits per heavy atom. The summed E-state index contributed by atoms with van der Waals surface area (Å²) in [6, 6.07) is 5.43. The first-order valence-corrected chi connectivity index (χ1v) is 5.60. The minimum Gasteiger partial charge on any atom is -0.520 e. The Morgan fingerprint density at radius 1 is 1.11 bits per heavy atom. The minimum atomic E-state index is -0.221. The van der Waals surface area contributed by atoms with E-state index in [1.807, 2.05) is 18.7 Å². The number of ether oxygens (including phenoxy) is 4. The van der Waals surface area contributed by atoms with Gasteiger partial charge in [0.1, 0.15) is 17.2 Å². The summed E-state index contributed by atoms with van der Waals surface area (Å²) < 4.78 is 21.5. The Labute approximate surface area is 167 Å². The molecule has 2 rings (SSSR count). The van der Waals surface area contributed by atoms with Crippen LogP contribution in [0.3, 0.4) is 0 Å². The van der Waals surface area contributed by atoms with Crippen molar-refractivity contribution in [2.75, 3.05) is 14.2 Å². The SMILES string of the molecule is COc1cc(OC)cc(OC2C[C@@H](C)[CH-]O2)c1.[Cs+]. The molecule has 1 aromatic carbocycles. The van der Waals surface area contributed by atoms with Crippen molar-refractivity contribution in [2.45, 2.75) is 19.6 Å². The van der Waals surface area contributed by atoms with Crippen LogP contribution in [0.1, 0.15) is 13.3 Å². The molecule has 0 amide bonds. The number of benzene rings is 1. The van der Waals surface area contributed by atoms with E-state index in [-0.39, 0.29) is 75.2 Å². The van der Waals surface area contributed by atoms with Gasteiger partial charge in [-0.05, 0) is 6.42 Å². The first-order valence-electron chi connectivity index (χ1n) is 5.60. The van der Waals surface area contributed by atoms with Gasteiger partial charge in [-0.1, -0.05) is 6.92 Å². The van der Waals surface area contributed by atoms with Gasteiger partial charge in [-0.2, -0.15) is 0 Å². The van der Waals surface area contributed by atoms with Crippen LogP contribution in [-0.2, 0) is 4.74 Å². The van der Waals surface area contributed by atoms with E-state index in [9.17, 15) is 0 Å². The Kier molecular flexibility index (Phi) is 7.45. The quantitative estimate of drug-likeness (QED) is 0.678. The van der Waals surface area contributed by atoms with Crippen LogP contribution in [0.25, 0.3) is 0 Å². The van der Waals surface area contributed by atoms with Crippen LogP contribution in [-0.4, -0.2) is 20.5 Å². The summed E-state index contributed by atoms with van der Waals surface area (Å²) in [6.45, 7) is 3.90. The van der Waals surface area contributed by atoms with Gasteiger partial charge in [0.25, 0.3) is 0 Å². The smallest absolute Gasteiger partial charge is 0.520 e. The molecular weight excluding hydrogens is 353 g/mol. The third kappa shape index (κ3) is 4.63. The molecule has 1 unspecified atom stereocenters. The van der Waals surface area contributed by atoms with Crippen molar-refractivity contribution in [3.8, 4) is 17.2 Å². The molecule has 0 N–H and O–H groups in total. The second-order valence-corrected chi connectivity index (χ2v) is 4.08. The van der Waals surface area contributed by atoms with Crippen LogP contribution < -0.4 is 83.1 Å². The van der Waals surface area contributed by atoms with Crippen molar-refractivity contribution in [1.29, 1.82) is 0 Å². The molecule has 1 saturated heterocycles. The molecule has 2 atom stereocenters. The van der Waals surface area contributed by atoms with Gasteiger partial charge in [0, 0.05) is 18.2 Å². The van der Waals surface area contributed by atoms with E-state index >= 15 is 0 Å². The van der Waals surface area contributed by atoms with E-state index in [1.54, 1.807) is 20.3 Å². The van der Waals surface area contributed by atoms with Crippen molar-refractivity contribution in [3.63, 3.8) is 0 Å². The predicted molar refractivity (Wildman–Crippen MR) is 63.1 cm³/mol. The second-order valence-electron chi connectivity index (χ2n) is 4.08. The monoisotopic (exact) mass is 370 g/mol. The number of hydrogen-bond donors (Lipinski definition) is 0. The first kappa shape index (κ1) is 16.7. The van der Waals surface area contributed by atoms with Gasteiger partial charge in [0.05, 0.1) is 14.2 Å². The third-order valence-electron chi connectivity index (χ3n) is 2.62. The molecule has 0 aromatic heterocycles. The maximum Gasteiger partial charge on any atom is 1.00 e. The van der Waals surface area contributed by atoms with Gasteiger partial charge in [-0.15, -0.1) is 5.92 Å². The fourth-order valence-electron chi connectivity index (χ4n) is 1.71. The van der Waals surface area contributed by atoms with E-state index in [0.29, 0.717) is 23.2 Å². The molecule has 0 spiro atoms. The molecule has 1 fully saturated rings. The number of methoxy groups -OCH3 is 2. The van der Waals surface area contributed by atoms with Gasteiger partial charge in [0.15, 0.2) is 6.29 Å². The van der Waals surface area contributed by atoms with Crippen LogP contribution in [0, 0.1) is 12.5 Å².